The van der Waals surface area contributed by atoms with Crippen LogP contribution in [0.5, 0.6) is 0 Å². The SMILES string of the molecule is C=N/C(CO)=C(\C=NCS1=CCN(C)CC1)OC. The molecule has 1 unspecified atom stereocenters. The second kappa shape index (κ2) is 8.18. The van der Waals surface area contributed by atoms with Gasteiger partial charge in [-0.15, -0.1) is 0 Å². The van der Waals surface area contributed by atoms with Crippen molar-refractivity contribution in [3.05, 3.63) is 11.5 Å². The molecular weight excluding hydrogens is 250 g/mol. The van der Waals surface area contributed by atoms with Gasteiger partial charge in [-0.05, 0) is 19.1 Å². The topological polar surface area (TPSA) is 57.4 Å². The van der Waals surface area contributed by atoms with Gasteiger partial charge in [-0.2, -0.15) is 10.5 Å². The van der Waals surface area contributed by atoms with Gasteiger partial charge in [-0.25, -0.2) is 0 Å². The molecule has 1 atom stereocenters. The van der Waals surface area contributed by atoms with Gasteiger partial charge in [-0.1, -0.05) is 0 Å². The van der Waals surface area contributed by atoms with Crippen LogP contribution in [0.1, 0.15) is 0 Å². The van der Waals surface area contributed by atoms with Crippen LogP contribution >= 0.6 is 10.5 Å². The van der Waals surface area contributed by atoms with Gasteiger partial charge in [0.1, 0.15) is 5.70 Å². The van der Waals surface area contributed by atoms with E-state index >= 15 is 0 Å². The van der Waals surface area contributed by atoms with Crippen LogP contribution in [0.3, 0.4) is 0 Å². The van der Waals surface area contributed by atoms with Gasteiger partial charge in [0.15, 0.2) is 5.76 Å². The molecule has 1 N–H and O–H groups in total. The number of aliphatic hydroxyl groups excluding tert-OH is 1. The van der Waals surface area contributed by atoms with E-state index in [0.29, 0.717) is 11.5 Å². The minimum atomic E-state index is -0.193. The molecule has 0 spiro atoms. The summed E-state index contributed by atoms with van der Waals surface area (Å²) in [6, 6.07) is 0. The molecule has 0 saturated carbocycles. The molecule has 0 radical (unpaired) electrons. The minimum Gasteiger partial charge on any atom is -0.493 e. The molecule has 0 aromatic heterocycles. The van der Waals surface area contributed by atoms with E-state index < -0.39 is 0 Å². The van der Waals surface area contributed by atoms with Gasteiger partial charge in [0.2, 0.25) is 0 Å². The van der Waals surface area contributed by atoms with Gasteiger partial charge < -0.3 is 14.7 Å². The lowest BCUT2D eigenvalue weighted by Gasteiger charge is -2.21. The average Bonchev–Trinajstić information content (AvgIpc) is 2.40. The molecular formula is C12H21N3O2S. The fraction of sp³-hybridized carbons (Fsp3) is 0.583. The summed E-state index contributed by atoms with van der Waals surface area (Å²) in [5.41, 5.74) is 0.414. The van der Waals surface area contributed by atoms with Gasteiger partial charge >= 0.3 is 0 Å². The molecule has 0 amide bonds. The van der Waals surface area contributed by atoms with Crippen LogP contribution in [0.25, 0.3) is 0 Å². The fourth-order valence-corrected chi connectivity index (χ4v) is 3.14. The number of methoxy groups -OCH3 is 1. The zero-order valence-corrected chi connectivity index (χ0v) is 11.8. The van der Waals surface area contributed by atoms with Crippen molar-refractivity contribution in [3.8, 4) is 0 Å². The molecule has 0 bridgehead atoms. The molecule has 0 aromatic carbocycles. The highest BCUT2D eigenvalue weighted by Gasteiger charge is 2.06. The molecule has 1 aliphatic rings. The molecule has 0 aromatic rings. The Morgan fingerprint density at radius 1 is 1.67 bits per heavy atom. The second-order valence-electron chi connectivity index (χ2n) is 3.94. The predicted octanol–water partition coefficient (Wildman–Crippen LogP) is 0.582. The highest BCUT2D eigenvalue weighted by atomic mass is 32.2. The monoisotopic (exact) mass is 271 g/mol. The zero-order chi connectivity index (χ0) is 13.4. The zero-order valence-electron chi connectivity index (χ0n) is 11.0. The number of rotatable bonds is 6. The van der Waals surface area contributed by atoms with Gasteiger partial charge in [0.25, 0.3) is 0 Å². The summed E-state index contributed by atoms with van der Waals surface area (Å²) in [5, 5.41) is 11.4. The van der Waals surface area contributed by atoms with Crippen LogP contribution in [0, 0.1) is 0 Å². The lowest BCUT2D eigenvalue weighted by atomic mass is 10.4. The summed E-state index contributed by atoms with van der Waals surface area (Å²) in [6.07, 6.45) is 1.62. The Hall–Kier alpha value is -0.980. The van der Waals surface area contributed by atoms with Gasteiger partial charge in [-0.3, -0.25) is 9.98 Å². The highest BCUT2D eigenvalue weighted by molar-refractivity contribution is 8.15. The number of aliphatic imine (C=N–C) groups is 2. The molecule has 1 aliphatic heterocycles. The van der Waals surface area contributed by atoms with E-state index in [1.54, 1.807) is 6.21 Å². The van der Waals surface area contributed by atoms with E-state index in [1.807, 2.05) is 0 Å². The predicted molar refractivity (Wildman–Crippen MR) is 80.0 cm³/mol. The summed E-state index contributed by atoms with van der Waals surface area (Å²) in [4.78, 5) is 10.4. The van der Waals surface area contributed by atoms with Crippen molar-refractivity contribution in [2.75, 3.05) is 45.5 Å². The quantitative estimate of drug-likeness (QED) is 0.437. The highest BCUT2D eigenvalue weighted by Crippen LogP contribution is 2.15. The molecule has 102 valence electrons. The number of ether oxygens (including phenoxy) is 1. The molecule has 0 fully saturated rings. The molecule has 0 aliphatic carbocycles. The summed E-state index contributed by atoms with van der Waals surface area (Å²) < 4.78 is 5.12. The smallest absolute Gasteiger partial charge is 0.160 e. The number of hydrogen-bond acceptors (Lipinski definition) is 5. The first-order valence-corrected chi connectivity index (χ1v) is 7.36. The average molecular weight is 271 g/mol. The van der Waals surface area contributed by atoms with Crippen molar-refractivity contribution in [2.45, 2.75) is 0 Å². The largest absolute Gasteiger partial charge is 0.493 e. The Labute approximate surface area is 111 Å². The van der Waals surface area contributed by atoms with Crippen LogP contribution in [-0.2, 0) is 4.74 Å². The maximum atomic E-state index is 9.06. The number of allylic oxidation sites excluding steroid dienone is 1. The van der Waals surface area contributed by atoms with Crippen LogP contribution < -0.4 is 0 Å². The molecule has 1 rings (SSSR count). The third-order valence-electron chi connectivity index (χ3n) is 2.65. The maximum Gasteiger partial charge on any atom is 0.160 e. The minimum absolute atomic E-state index is 0.193. The third kappa shape index (κ3) is 4.72. The first-order valence-electron chi connectivity index (χ1n) is 5.74. The summed E-state index contributed by atoms with van der Waals surface area (Å²) in [5.74, 6) is 2.41. The molecule has 6 heteroatoms. The molecule has 1 heterocycles. The maximum absolute atomic E-state index is 9.06. The van der Waals surface area contributed by atoms with Crippen molar-refractivity contribution >= 4 is 28.8 Å². The van der Waals surface area contributed by atoms with E-state index in [-0.39, 0.29) is 17.1 Å². The first kappa shape index (κ1) is 15.1. The van der Waals surface area contributed by atoms with Gasteiger partial charge in [0, 0.05) is 18.8 Å². The Kier molecular flexibility index (Phi) is 6.85. The standard InChI is InChI=1S/C12H21N3O2S/c1-13-11(9-16)12(17-3)8-14-10-18-6-4-15(2)5-7-18/h6,8,16H,1,4-5,7,9-10H2,2-3H3/b12-11+,14-8?. The molecule has 5 nitrogen and oxygen atoms in total. The Bertz CT molecular complexity index is 378. The Morgan fingerprint density at radius 3 is 2.94 bits per heavy atom. The van der Waals surface area contributed by atoms with Crippen molar-refractivity contribution in [1.29, 1.82) is 0 Å². The van der Waals surface area contributed by atoms with Crippen molar-refractivity contribution < 1.29 is 9.84 Å². The summed E-state index contributed by atoms with van der Waals surface area (Å²) in [7, 11) is 3.90. The van der Waals surface area contributed by atoms with Crippen molar-refractivity contribution in [3.63, 3.8) is 0 Å². The van der Waals surface area contributed by atoms with E-state index in [0.717, 1.165) is 24.7 Å². The van der Waals surface area contributed by atoms with E-state index in [2.05, 4.69) is 34.0 Å². The number of nitrogens with zero attached hydrogens (tertiary/aromatic N) is 3. The van der Waals surface area contributed by atoms with Crippen LogP contribution in [0.15, 0.2) is 21.4 Å². The lowest BCUT2D eigenvalue weighted by Crippen LogP contribution is -2.27. The van der Waals surface area contributed by atoms with E-state index in [4.69, 9.17) is 9.84 Å². The number of aliphatic hydroxyl groups is 1. The fourth-order valence-electron chi connectivity index (χ4n) is 1.46. The second-order valence-corrected chi connectivity index (χ2v) is 6.02. The van der Waals surface area contributed by atoms with Crippen LogP contribution in [-0.4, -0.2) is 73.8 Å². The molecule has 0 saturated heterocycles. The Morgan fingerprint density at radius 2 is 2.44 bits per heavy atom. The van der Waals surface area contributed by atoms with E-state index in [1.165, 1.54) is 7.11 Å². The summed E-state index contributed by atoms with van der Waals surface area (Å²) >= 11 is 0. The van der Waals surface area contributed by atoms with Crippen LogP contribution in [0.4, 0.5) is 0 Å². The van der Waals surface area contributed by atoms with Gasteiger partial charge in [0.05, 0.1) is 25.8 Å². The lowest BCUT2D eigenvalue weighted by molar-refractivity contribution is 0.287. The summed E-state index contributed by atoms with van der Waals surface area (Å²) in [6.45, 7) is 5.35. The van der Waals surface area contributed by atoms with Crippen molar-refractivity contribution in [1.82, 2.24) is 4.90 Å². The first-order chi connectivity index (χ1) is 8.71. The van der Waals surface area contributed by atoms with Crippen molar-refractivity contribution in [2.24, 2.45) is 9.98 Å². The Balaban J connectivity index is 2.58. The van der Waals surface area contributed by atoms with Crippen LogP contribution in [0.2, 0.25) is 0 Å². The third-order valence-corrected chi connectivity index (χ3v) is 4.46. The number of hydrogen-bond donors (Lipinski definition) is 1. The normalized spacial score (nSPS) is 22.5. The van der Waals surface area contributed by atoms with E-state index in [9.17, 15) is 0 Å². The molecule has 18 heavy (non-hydrogen) atoms.